The van der Waals surface area contributed by atoms with Crippen LogP contribution in [-0.2, 0) is 0 Å². The van der Waals surface area contributed by atoms with Gasteiger partial charge in [0.25, 0.3) is 0 Å². The second-order valence-electron chi connectivity index (χ2n) is 6.06. The maximum absolute atomic E-state index is 5.62. The fraction of sp³-hybridized carbons (Fsp3) is 0.0500. The van der Waals surface area contributed by atoms with Gasteiger partial charge in [-0.3, -0.25) is 9.97 Å². The van der Waals surface area contributed by atoms with Gasteiger partial charge in [0.1, 0.15) is 11.3 Å². The fourth-order valence-corrected chi connectivity index (χ4v) is 2.95. The summed E-state index contributed by atoms with van der Waals surface area (Å²) in [6.45, 7) is 1.83. The molecule has 0 radical (unpaired) electrons. The molecule has 0 bridgehead atoms. The lowest BCUT2D eigenvalue weighted by molar-refractivity contribution is 0.561. The van der Waals surface area contributed by atoms with Gasteiger partial charge in [-0.1, -0.05) is 0 Å². The van der Waals surface area contributed by atoms with E-state index in [0.29, 0.717) is 17.5 Å². The van der Waals surface area contributed by atoms with Gasteiger partial charge in [0.15, 0.2) is 17.3 Å². The molecule has 1 aromatic carbocycles. The van der Waals surface area contributed by atoms with Crippen LogP contribution in [0.5, 0.6) is 0 Å². The first-order valence-corrected chi connectivity index (χ1v) is 8.43. The zero-order valence-corrected chi connectivity index (χ0v) is 14.4. The van der Waals surface area contributed by atoms with Crippen molar-refractivity contribution in [2.45, 2.75) is 6.92 Å². The van der Waals surface area contributed by atoms with Gasteiger partial charge in [-0.15, -0.1) is 0 Å². The van der Waals surface area contributed by atoms with Crippen LogP contribution in [0.4, 0.5) is 11.5 Å². The Morgan fingerprint density at radius 2 is 1.70 bits per heavy atom. The van der Waals surface area contributed by atoms with Crippen molar-refractivity contribution >= 4 is 33.5 Å². The molecule has 7 nitrogen and oxygen atoms in total. The van der Waals surface area contributed by atoms with Crippen molar-refractivity contribution in [1.29, 1.82) is 0 Å². The monoisotopic (exact) mass is 354 g/mol. The number of hydrogen-bond donors (Lipinski definition) is 1. The maximum atomic E-state index is 5.62. The second-order valence-corrected chi connectivity index (χ2v) is 6.06. The van der Waals surface area contributed by atoms with Crippen molar-refractivity contribution in [3.05, 3.63) is 67.1 Å². The van der Waals surface area contributed by atoms with Crippen molar-refractivity contribution in [3.8, 4) is 11.4 Å². The molecule has 0 spiro atoms. The Balaban J connectivity index is 1.64. The van der Waals surface area contributed by atoms with Gasteiger partial charge in [0, 0.05) is 49.0 Å². The number of fused-ring (bicyclic) bond motifs is 2. The number of benzene rings is 1. The van der Waals surface area contributed by atoms with E-state index in [2.05, 4.69) is 25.3 Å². The van der Waals surface area contributed by atoms with E-state index in [1.165, 1.54) is 0 Å². The minimum atomic E-state index is 0.621. The summed E-state index contributed by atoms with van der Waals surface area (Å²) < 4.78 is 5.62. The number of oxazole rings is 1. The molecule has 0 fully saturated rings. The van der Waals surface area contributed by atoms with Crippen LogP contribution in [0.3, 0.4) is 0 Å². The zero-order valence-electron chi connectivity index (χ0n) is 14.4. The summed E-state index contributed by atoms with van der Waals surface area (Å²) in [6, 6.07) is 11.4. The Bertz CT molecular complexity index is 1270. The normalized spacial score (nSPS) is 11.1. The minimum absolute atomic E-state index is 0.621. The molecule has 5 aromatic rings. The average Bonchev–Trinajstić information content (AvgIpc) is 3.08. The van der Waals surface area contributed by atoms with Crippen LogP contribution < -0.4 is 5.32 Å². The highest BCUT2D eigenvalue weighted by atomic mass is 16.3. The SMILES string of the molecule is Cc1nc2ccc(Nc3nc(-c4ccncc4)nc4ccncc34)cc2o1. The van der Waals surface area contributed by atoms with Gasteiger partial charge >= 0.3 is 0 Å². The van der Waals surface area contributed by atoms with Crippen molar-refractivity contribution in [3.63, 3.8) is 0 Å². The summed E-state index contributed by atoms with van der Waals surface area (Å²) in [5, 5.41) is 4.20. The van der Waals surface area contributed by atoms with Gasteiger partial charge in [0.2, 0.25) is 0 Å². The van der Waals surface area contributed by atoms with Crippen LogP contribution in [0, 0.1) is 6.92 Å². The molecule has 4 aromatic heterocycles. The molecule has 0 aliphatic carbocycles. The molecule has 0 saturated carbocycles. The molecule has 0 unspecified atom stereocenters. The summed E-state index contributed by atoms with van der Waals surface area (Å²) in [6.07, 6.45) is 6.93. The first kappa shape index (κ1) is 15.4. The van der Waals surface area contributed by atoms with E-state index in [-0.39, 0.29) is 0 Å². The van der Waals surface area contributed by atoms with Crippen LogP contribution in [-0.4, -0.2) is 24.9 Å². The van der Waals surface area contributed by atoms with Gasteiger partial charge < -0.3 is 9.73 Å². The molecule has 5 rings (SSSR count). The standard InChI is InChI=1S/C20H14N6O/c1-12-23-17-3-2-14(10-18(17)27-12)24-20-15-11-22-9-6-16(15)25-19(26-20)13-4-7-21-8-5-13/h2-11H,1H3,(H,24,25,26). The van der Waals surface area contributed by atoms with Gasteiger partial charge in [-0.25, -0.2) is 15.0 Å². The number of rotatable bonds is 3. The van der Waals surface area contributed by atoms with E-state index in [0.717, 1.165) is 33.3 Å². The molecule has 1 N–H and O–H groups in total. The lowest BCUT2D eigenvalue weighted by atomic mass is 10.2. The molecule has 27 heavy (non-hydrogen) atoms. The topological polar surface area (TPSA) is 89.6 Å². The van der Waals surface area contributed by atoms with E-state index < -0.39 is 0 Å². The lowest BCUT2D eigenvalue weighted by Gasteiger charge is -2.10. The number of aromatic nitrogens is 5. The Kier molecular flexibility index (Phi) is 3.50. The smallest absolute Gasteiger partial charge is 0.192 e. The highest BCUT2D eigenvalue weighted by Crippen LogP contribution is 2.28. The van der Waals surface area contributed by atoms with E-state index >= 15 is 0 Å². The molecule has 0 aliphatic heterocycles. The predicted octanol–water partition coefficient (Wildman–Crippen LogP) is 4.28. The fourth-order valence-electron chi connectivity index (χ4n) is 2.95. The number of nitrogens with zero attached hydrogens (tertiary/aromatic N) is 5. The summed E-state index contributed by atoms with van der Waals surface area (Å²) in [7, 11) is 0. The molecule has 0 saturated heterocycles. The highest BCUT2D eigenvalue weighted by molar-refractivity contribution is 5.92. The summed E-state index contributed by atoms with van der Waals surface area (Å²) >= 11 is 0. The number of pyridine rings is 2. The molecule has 130 valence electrons. The molecular formula is C20H14N6O. The number of nitrogens with one attached hydrogen (secondary N) is 1. The first-order valence-electron chi connectivity index (χ1n) is 8.43. The third-order valence-electron chi connectivity index (χ3n) is 4.19. The van der Waals surface area contributed by atoms with Crippen molar-refractivity contribution < 1.29 is 4.42 Å². The Labute approximate surface area is 154 Å². The van der Waals surface area contributed by atoms with E-state index in [1.54, 1.807) is 24.8 Å². The molecular weight excluding hydrogens is 340 g/mol. The Morgan fingerprint density at radius 3 is 2.59 bits per heavy atom. The number of anilines is 2. The Morgan fingerprint density at radius 1 is 0.852 bits per heavy atom. The summed E-state index contributed by atoms with van der Waals surface area (Å²) in [4.78, 5) is 22.0. The molecule has 0 amide bonds. The minimum Gasteiger partial charge on any atom is -0.441 e. The van der Waals surface area contributed by atoms with Gasteiger partial charge in [-0.05, 0) is 30.3 Å². The van der Waals surface area contributed by atoms with E-state index in [9.17, 15) is 0 Å². The van der Waals surface area contributed by atoms with Crippen molar-refractivity contribution in [2.24, 2.45) is 0 Å². The largest absolute Gasteiger partial charge is 0.441 e. The molecule has 7 heteroatoms. The van der Waals surface area contributed by atoms with Crippen LogP contribution >= 0.6 is 0 Å². The second kappa shape index (κ2) is 6.14. The maximum Gasteiger partial charge on any atom is 0.192 e. The quantitative estimate of drug-likeness (QED) is 0.517. The Hall–Kier alpha value is -3.87. The van der Waals surface area contributed by atoms with E-state index in [4.69, 9.17) is 9.40 Å². The zero-order chi connectivity index (χ0) is 18.2. The number of hydrogen-bond acceptors (Lipinski definition) is 7. The van der Waals surface area contributed by atoms with Crippen LogP contribution in [0.15, 0.2) is 65.6 Å². The van der Waals surface area contributed by atoms with Crippen LogP contribution in [0.2, 0.25) is 0 Å². The molecule has 4 heterocycles. The third-order valence-corrected chi connectivity index (χ3v) is 4.19. The summed E-state index contributed by atoms with van der Waals surface area (Å²) in [5.74, 6) is 1.93. The van der Waals surface area contributed by atoms with Crippen molar-refractivity contribution in [1.82, 2.24) is 24.9 Å². The molecule has 0 aliphatic rings. The average molecular weight is 354 g/mol. The van der Waals surface area contributed by atoms with Gasteiger partial charge in [0.05, 0.1) is 10.9 Å². The van der Waals surface area contributed by atoms with Crippen LogP contribution in [0.25, 0.3) is 33.4 Å². The van der Waals surface area contributed by atoms with Gasteiger partial charge in [-0.2, -0.15) is 0 Å². The predicted molar refractivity (Wildman–Crippen MR) is 103 cm³/mol. The third kappa shape index (κ3) is 2.85. The van der Waals surface area contributed by atoms with Crippen molar-refractivity contribution in [2.75, 3.05) is 5.32 Å². The molecule has 0 atom stereocenters. The lowest BCUT2D eigenvalue weighted by Crippen LogP contribution is -1.99. The highest BCUT2D eigenvalue weighted by Gasteiger charge is 2.11. The van der Waals surface area contributed by atoms with E-state index in [1.807, 2.05) is 43.3 Å². The van der Waals surface area contributed by atoms with Crippen LogP contribution in [0.1, 0.15) is 5.89 Å². The first-order chi connectivity index (χ1) is 13.3. The number of aryl methyl sites for hydroxylation is 1. The summed E-state index contributed by atoms with van der Waals surface area (Å²) in [5.41, 5.74) is 4.11.